The number of H-pyrrole nitrogens is 1. The molecule has 6 nitrogen and oxygen atoms in total. The van der Waals surface area contributed by atoms with Crippen molar-refractivity contribution in [3.8, 4) is 28.2 Å². The Morgan fingerprint density at radius 3 is 2.43 bits per heavy atom. The van der Waals surface area contributed by atoms with Crippen LogP contribution in [0.4, 0.5) is 18.9 Å². The number of hydrogen-bond donors (Lipinski definition) is 2. The number of imidazole rings is 1. The van der Waals surface area contributed by atoms with Gasteiger partial charge in [0.1, 0.15) is 5.82 Å². The van der Waals surface area contributed by atoms with Gasteiger partial charge >= 0.3 is 6.18 Å². The number of rotatable bonds is 5. The van der Waals surface area contributed by atoms with Gasteiger partial charge in [0, 0.05) is 34.9 Å². The van der Waals surface area contributed by atoms with E-state index >= 15 is 0 Å². The number of amides is 1. The van der Waals surface area contributed by atoms with E-state index in [1.165, 1.54) is 16.8 Å². The number of benzene rings is 3. The predicted molar refractivity (Wildman–Crippen MR) is 135 cm³/mol. The normalized spacial score (nSPS) is 11.5. The molecule has 0 aliphatic heterocycles. The Labute approximate surface area is 210 Å². The Balaban J connectivity index is 1.42. The van der Waals surface area contributed by atoms with Crippen molar-refractivity contribution in [2.75, 3.05) is 5.32 Å². The monoisotopic (exact) mass is 501 g/mol. The quantitative estimate of drug-likeness (QED) is 0.278. The van der Waals surface area contributed by atoms with Crippen LogP contribution in [0.5, 0.6) is 0 Å². The third-order valence-corrected chi connectivity index (χ3v) is 5.97. The largest absolute Gasteiger partial charge is 0.416 e. The van der Waals surface area contributed by atoms with E-state index in [1.54, 1.807) is 31.3 Å². The molecular weight excluding hydrogens is 479 g/mol. The summed E-state index contributed by atoms with van der Waals surface area (Å²) < 4.78 is 42.3. The maximum Gasteiger partial charge on any atom is 0.416 e. The second-order valence-electron chi connectivity index (χ2n) is 8.68. The average molecular weight is 502 g/mol. The fraction of sp³-hybridized carbons (Fsp3) is 0.107. The number of halogens is 3. The van der Waals surface area contributed by atoms with Crippen LogP contribution in [0, 0.1) is 13.8 Å². The van der Waals surface area contributed by atoms with Crippen molar-refractivity contribution < 1.29 is 18.0 Å². The average Bonchev–Trinajstić information content (AvgIpc) is 3.53. The Kier molecular flexibility index (Phi) is 6.12. The van der Waals surface area contributed by atoms with E-state index in [0.29, 0.717) is 17.2 Å². The number of nitrogens with zero attached hydrogens (tertiary/aromatic N) is 3. The Hall–Kier alpha value is -4.66. The van der Waals surface area contributed by atoms with Gasteiger partial charge in [-0.2, -0.15) is 18.3 Å². The number of carbonyl (C=O) groups excluding carboxylic acids is 1. The summed E-state index contributed by atoms with van der Waals surface area (Å²) >= 11 is 0. The summed E-state index contributed by atoms with van der Waals surface area (Å²) in [5, 5.41) is 10.1. The smallest absolute Gasteiger partial charge is 0.322 e. The maximum atomic E-state index is 13.6. The van der Waals surface area contributed by atoms with Gasteiger partial charge < -0.3 is 9.88 Å². The van der Waals surface area contributed by atoms with Crippen molar-refractivity contribution in [1.82, 2.24) is 19.7 Å². The molecule has 0 atom stereocenters. The molecule has 0 spiro atoms. The number of carbonyl (C=O) groups is 1. The van der Waals surface area contributed by atoms with Crippen molar-refractivity contribution in [3.63, 3.8) is 0 Å². The number of hydrogen-bond acceptors (Lipinski definition) is 3. The van der Waals surface area contributed by atoms with Gasteiger partial charge in [0.2, 0.25) is 0 Å². The van der Waals surface area contributed by atoms with Gasteiger partial charge in [0.25, 0.3) is 5.91 Å². The van der Waals surface area contributed by atoms with Crippen molar-refractivity contribution >= 4 is 11.6 Å². The van der Waals surface area contributed by atoms with Crippen molar-refractivity contribution in [3.05, 3.63) is 108 Å². The van der Waals surface area contributed by atoms with E-state index < -0.39 is 17.6 Å². The minimum absolute atomic E-state index is 0.121. The second-order valence-corrected chi connectivity index (χ2v) is 8.68. The van der Waals surface area contributed by atoms with E-state index in [2.05, 4.69) is 20.5 Å². The highest BCUT2D eigenvalue weighted by Gasteiger charge is 2.32. The van der Waals surface area contributed by atoms with E-state index in [4.69, 9.17) is 0 Å². The molecule has 1 amide bonds. The van der Waals surface area contributed by atoms with Gasteiger partial charge in [0.15, 0.2) is 0 Å². The van der Waals surface area contributed by atoms with E-state index in [0.717, 1.165) is 34.5 Å². The summed E-state index contributed by atoms with van der Waals surface area (Å²) in [5.74, 6) is -0.160. The first kappa shape index (κ1) is 24.1. The lowest BCUT2D eigenvalue weighted by Gasteiger charge is -2.14. The van der Waals surface area contributed by atoms with Crippen LogP contribution >= 0.6 is 0 Å². The molecule has 0 aliphatic rings. The zero-order valence-electron chi connectivity index (χ0n) is 20.0. The van der Waals surface area contributed by atoms with E-state index in [9.17, 15) is 18.0 Å². The first-order valence-corrected chi connectivity index (χ1v) is 11.4. The summed E-state index contributed by atoms with van der Waals surface area (Å²) in [6, 6.07) is 20.2. The molecule has 0 saturated heterocycles. The van der Waals surface area contributed by atoms with Crippen molar-refractivity contribution in [2.45, 2.75) is 20.0 Å². The minimum Gasteiger partial charge on any atom is -0.322 e. The molecule has 2 aromatic heterocycles. The molecule has 9 heteroatoms. The number of alkyl halides is 3. The molecule has 0 radical (unpaired) electrons. The van der Waals surface area contributed by atoms with Crippen LogP contribution in [0.15, 0.2) is 85.2 Å². The van der Waals surface area contributed by atoms with Gasteiger partial charge in [-0.3, -0.25) is 9.89 Å². The molecule has 0 unspecified atom stereocenters. The van der Waals surface area contributed by atoms with Gasteiger partial charge in [0.05, 0.1) is 17.0 Å². The van der Waals surface area contributed by atoms with Gasteiger partial charge in [-0.1, -0.05) is 42.0 Å². The maximum absolute atomic E-state index is 13.6. The van der Waals surface area contributed by atoms with Crippen LogP contribution in [-0.2, 0) is 6.18 Å². The molecule has 0 saturated carbocycles. The number of nitrogens with one attached hydrogen (secondary N) is 2. The number of anilines is 1. The molecule has 5 aromatic rings. The van der Waals surface area contributed by atoms with Crippen molar-refractivity contribution in [1.29, 1.82) is 0 Å². The molecular formula is C28H22F3N5O. The summed E-state index contributed by atoms with van der Waals surface area (Å²) in [6.07, 6.45) is -1.58. The van der Waals surface area contributed by atoms with Crippen LogP contribution in [0.1, 0.15) is 27.3 Å². The Morgan fingerprint density at radius 2 is 1.73 bits per heavy atom. The standard InChI is InChI=1S/C28H22F3N5O/c1-17-6-8-19(9-7-17)25-16-26(35-34-25)20-4-3-5-23(13-20)33-27(37)21-12-22(28(29,30)31)15-24(14-21)36-11-10-32-18(36)2/h3-16H,1-2H3,(H,33,37)(H,34,35). The fourth-order valence-electron chi connectivity index (χ4n) is 4.01. The second kappa shape index (κ2) is 9.42. The lowest BCUT2D eigenvalue weighted by atomic mass is 10.1. The topological polar surface area (TPSA) is 75.6 Å². The molecule has 2 heterocycles. The molecule has 2 N–H and O–H groups in total. The summed E-state index contributed by atoms with van der Waals surface area (Å²) in [7, 11) is 0. The van der Waals surface area contributed by atoms with E-state index in [1.807, 2.05) is 43.3 Å². The molecule has 0 bridgehead atoms. The third-order valence-electron chi connectivity index (χ3n) is 5.97. The molecule has 37 heavy (non-hydrogen) atoms. The number of aromatic nitrogens is 4. The fourth-order valence-corrected chi connectivity index (χ4v) is 4.01. The van der Waals surface area contributed by atoms with Crippen LogP contribution in [0.3, 0.4) is 0 Å². The Morgan fingerprint density at radius 1 is 0.946 bits per heavy atom. The van der Waals surface area contributed by atoms with Crippen LogP contribution < -0.4 is 5.32 Å². The molecule has 3 aromatic carbocycles. The highest BCUT2D eigenvalue weighted by atomic mass is 19.4. The van der Waals surface area contributed by atoms with Crippen LogP contribution in [0.2, 0.25) is 0 Å². The highest BCUT2D eigenvalue weighted by Crippen LogP contribution is 2.32. The number of aromatic amines is 1. The molecule has 186 valence electrons. The zero-order chi connectivity index (χ0) is 26.2. The lowest BCUT2D eigenvalue weighted by molar-refractivity contribution is -0.137. The lowest BCUT2D eigenvalue weighted by Crippen LogP contribution is -2.15. The first-order chi connectivity index (χ1) is 17.7. The minimum atomic E-state index is -4.62. The van der Waals surface area contributed by atoms with Crippen LogP contribution in [0.25, 0.3) is 28.2 Å². The van der Waals surface area contributed by atoms with Crippen molar-refractivity contribution in [2.24, 2.45) is 0 Å². The Bertz CT molecular complexity index is 1580. The summed E-state index contributed by atoms with van der Waals surface area (Å²) in [4.78, 5) is 17.1. The van der Waals surface area contributed by atoms with Gasteiger partial charge in [-0.25, -0.2) is 4.98 Å². The van der Waals surface area contributed by atoms with E-state index in [-0.39, 0.29) is 11.3 Å². The molecule has 0 aliphatic carbocycles. The van der Waals surface area contributed by atoms with Crippen LogP contribution in [-0.4, -0.2) is 25.7 Å². The SMILES string of the molecule is Cc1ccc(-c2cc(-c3cccc(NC(=O)c4cc(-n5ccnc5C)cc(C(F)(F)F)c4)c3)n[nH]2)cc1. The predicted octanol–water partition coefficient (Wildman–Crippen LogP) is 6.82. The van der Waals surface area contributed by atoms with Gasteiger partial charge in [-0.05, 0) is 55.8 Å². The van der Waals surface area contributed by atoms with Gasteiger partial charge in [-0.15, -0.1) is 0 Å². The summed E-state index contributed by atoms with van der Waals surface area (Å²) in [5.41, 5.74) is 3.98. The first-order valence-electron chi connectivity index (χ1n) is 11.4. The molecule has 5 rings (SSSR count). The zero-order valence-corrected chi connectivity index (χ0v) is 20.0. The highest BCUT2D eigenvalue weighted by molar-refractivity contribution is 6.05. The molecule has 0 fully saturated rings. The third kappa shape index (κ3) is 5.16. The number of aryl methyl sites for hydroxylation is 2. The summed E-state index contributed by atoms with van der Waals surface area (Å²) in [6.45, 7) is 3.69.